The van der Waals surface area contributed by atoms with E-state index < -0.39 is 0 Å². The number of benzene rings is 2. The quantitative estimate of drug-likeness (QED) is 0.917. The van der Waals surface area contributed by atoms with Gasteiger partial charge in [0.1, 0.15) is 0 Å². The van der Waals surface area contributed by atoms with Crippen LogP contribution in [0, 0.1) is 6.92 Å². The minimum atomic E-state index is 0.0468. The van der Waals surface area contributed by atoms with Gasteiger partial charge < -0.3 is 5.32 Å². The summed E-state index contributed by atoms with van der Waals surface area (Å²) in [4.78, 5) is 11.9. The molecule has 0 radical (unpaired) electrons. The molecule has 0 aliphatic rings. The fourth-order valence-corrected chi connectivity index (χ4v) is 2.12. The maximum Gasteiger partial charge on any atom is 0.224 e. The van der Waals surface area contributed by atoms with E-state index in [1.807, 2.05) is 42.5 Å². The van der Waals surface area contributed by atoms with Crippen LogP contribution in [0.3, 0.4) is 0 Å². The van der Waals surface area contributed by atoms with Gasteiger partial charge in [0, 0.05) is 11.0 Å². The topological polar surface area (TPSA) is 29.1 Å². The van der Waals surface area contributed by atoms with Crippen molar-refractivity contribution < 1.29 is 4.79 Å². The molecule has 2 aromatic rings. The molecular formula is C16H16BrNO. The van der Waals surface area contributed by atoms with Crippen LogP contribution in [0.5, 0.6) is 0 Å². The van der Waals surface area contributed by atoms with Gasteiger partial charge in [0.05, 0.1) is 6.42 Å². The van der Waals surface area contributed by atoms with Gasteiger partial charge in [0.15, 0.2) is 0 Å². The molecule has 0 spiro atoms. The lowest BCUT2D eigenvalue weighted by atomic mass is 10.1. The van der Waals surface area contributed by atoms with Crippen LogP contribution in [-0.2, 0) is 17.8 Å². The third-order valence-corrected chi connectivity index (χ3v) is 3.54. The van der Waals surface area contributed by atoms with E-state index in [1.165, 1.54) is 5.56 Å². The predicted molar refractivity (Wildman–Crippen MR) is 80.9 cm³/mol. The van der Waals surface area contributed by atoms with Crippen LogP contribution in [0.15, 0.2) is 53.0 Å². The molecule has 98 valence electrons. The second-order valence-corrected chi connectivity index (χ2v) is 5.42. The van der Waals surface area contributed by atoms with E-state index in [0.29, 0.717) is 13.0 Å². The van der Waals surface area contributed by atoms with E-state index in [1.54, 1.807) is 0 Å². The van der Waals surface area contributed by atoms with E-state index >= 15 is 0 Å². The third kappa shape index (κ3) is 4.21. The number of aryl methyl sites for hydroxylation is 1. The molecule has 1 amide bonds. The third-order valence-electron chi connectivity index (χ3n) is 3.02. The van der Waals surface area contributed by atoms with Crippen molar-refractivity contribution in [1.29, 1.82) is 0 Å². The number of hydrogen-bond acceptors (Lipinski definition) is 1. The van der Waals surface area contributed by atoms with Gasteiger partial charge in [-0.25, -0.2) is 0 Å². The Labute approximate surface area is 122 Å². The zero-order valence-corrected chi connectivity index (χ0v) is 12.4. The molecule has 2 aromatic carbocycles. The summed E-state index contributed by atoms with van der Waals surface area (Å²) in [6, 6.07) is 15.9. The molecule has 0 atom stereocenters. The molecule has 1 N–H and O–H groups in total. The van der Waals surface area contributed by atoms with E-state index in [4.69, 9.17) is 0 Å². The van der Waals surface area contributed by atoms with Crippen LogP contribution in [0.4, 0.5) is 0 Å². The highest BCUT2D eigenvalue weighted by atomic mass is 79.9. The summed E-state index contributed by atoms with van der Waals surface area (Å²) < 4.78 is 1.02. The minimum Gasteiger partial charge on any atom is -0.352 e. The first kappa shape index (κ1) is 13.8. The van der Waals surface area contributed by atoms with Crippen molar-refractivity contribution >= 4 is 21.8 Å². The maximum absolute atomic E-state index is 11.9. The Balaban J connectivity index is 1.88. The van der Waals surface area contributed by atoms with Gasteiger partial charge in [0.2, 0.25) is 5.91 Å². The first-order chi connectivity index (χ1) is 9.15. The van der Waals surface area contributed by atoms with Crippen LogP contribution in [0.1, 0.15) is 16.7 Å². The zero-order chi connectivity index (χ0) is 13.7. The number of rotatable bonds is 4. The first-order valence-electron chi connectivity index (χ1n) is 6.21. The average Bonchev–Trinajstić information content (AvgIpc) is 2.40. The second kappa shape index (κ2) is 6.53. The first-order valence-corrected chi connectivity index (χ1v) is 7.00. The lowest BCUT2D eigenvalue weighted by Crippen LogP contribution is -2.24. The van der Waals surface area contributed by atoms with E-state index in [-0.39, 0.29) is 5.91 Å². The molecule has 0 unspecified atom stereocenters. The average molecular weight is 318 g/mol. The highest BCUT2D eigenvalue weighted by molar-refractivity contribution is 9.10. The Morgan fingerprint density at radius 3 is 2.47 bits per heavy atom. The fraction of sp³-hybridized carbons (Fsp3) is 0.188. The fourth-order valence-electron chi connectivity index (χ4n) is 1.85. The SMILES string of the molecule is Cc1ccccc1CNC(=O)Cc1ccc(Br)cc1. The van der Waals surface area contributed by atoms with Crippen molar-refractivity contribution in [2.24, 2.45) is 0 Å². The molecule has 0 saturated carbocycles. The van der Waals surface area contributed by atoms with Gasteiger partial charge in [-0.15, -0.1) is 0 Å². The highest BCUT2D eigenvalue weighted by Gasteiger charge is 2.04. The summed E-state index contributed by atoms with van der Waals surface area (Å²) >= 11 is 3.38. The summed E-state index contributed by atoms with van der Waals surface area (Å²) in [5, 5.41) is 2.95. The minimum absolute atomic E-state index is 0.0468. The Morgan fingerprint density at radius 1 is 1.11 bits per heavy atom. The van der Waals surface area contributed by atoms with E-state index in [2.05, 4.69) is 34.2 Å². The standard InChI is InChI=1S/C16H16BrNO/c1-12-4-2-3-5-14(12)11-18-16(19)10-13-6-8-15(17)9-7-13/h2-9H,10-11H2,1H3,(H,18,19). The van der Waals surface area contributed by atoms with E-state index in [9.17, 15) is 4.79 Å². The molecular weight excluding hydrogens is 302 g/mol. The lowest BCUT2D eigenvalue weighted by molar-refractivity contribution is -0.120. The molecule has 19 heavy (non-hydrogen) atoms. The van der Waals surface area contributed by atoms with E-state index in [0.717, 1.165) is 15.6 Å². The summed E-state index contributed by atoms with van der Waals surface area (Å²) in [5.41, 5.74) is 3.38. The molecule has 0 heterocycles. The van der Waals surface area contributed by atoms with Crippen molar-refractivity contribution in [2.75, 3.05) is 0 Å². The molecule has 2 nitrogen and oxygen atoms in total. The molecule has 0 aromatic heterocycles. The van der Waals surface area contributed by atoms with Crippen molar-refractivity contribution in [3.63, 3.8) is 0 Å². The predicted octanol–water partition coefficient (Wildman–Crippen LogP) is 3.62. The lowest BCUT2D eigenvalue weighted by Gasteiger charge is -2.08. The number of carbonyl (C=O) groups is 1. The van der Waals surface area contributed by atoms with Crippen molar-refractivity contribution in [2.45, 2.75) is 19.9 Å². The van der Waals surface area contributed by atoms with Gasteiger partial charge in [-0.1, -0.05) is 52.3 Å². The molecule has 0 aliphatic carbocycles. The Morgan fingerprint density at radius 2 is 1.79 bits per heavy atom. The van der Waals surface area contributed by atoms with Gasteiger partial charge in [0.25, 0.3) is 0 Å². The summed E-state index contributed by atoms with van der Waals surface area (Å²) in [6.07, 6.45) is 0.416. The molecule has 0 saturated heterocycles. The smallest absolute Gasteiger partial charge is 0.224 e. The molecule has 2 rings (SSSR count). The van der Waals surface area contributed by atoms with Gasteiger partial charge in [-0.3, -0.25) is 4.79 Å². The monoisotopic (exact) mass is 317 g/mol. The van der Waals surface area contributed by atoms with Gasteiger partial charge in [-0.2, -0.15) is 0 Å². The molecule has 0 aliphatic heterocycles. The Hall–Kier alpha value is -1.61. The number of halogens is 1. The number of nitrogens with one attached hydrogen (secondary N) is 1. The number of amides is 1. The largest absolute Gasteiger partial charge is 0.352 e. The number of carbonyl (C=O) groups excluding carboxylic acids is 1. The second-order valence-electron chi connectivity index (χ2n) is 4.51. The summed E-state index contributed by atoms with van der Waals surface area (Å²) in [6.45, 7) is 2.64. The Kier molecular flexibility index (Phi) is 4.74. The van der Waals surface area contributed by atoms with Crippen molar-refractivity contribution in [3.05, 3.63) is 69.7 Å². The Bertz CT molecular complexity index is 563. The summed E-state index contributed by atoms with van der Waals surface area (Å²) in [7, 11) is 0. The van der Waals surface area contributed by atoms with Crippen LogP contribution in [0.25, 0.3) is 0 Å². The van der Waals surface area contributed by atoms with Crippen LogP contribution in [-0.4, -0.2) is 5.91 Å². The molecule has 0 fully saturated rings. The zero-order valence-electron chi connectivity index (χ0n) is 10.8. The number of hydrogen-bond donors (Lipinski definition) is 1. The van der Waals surface area contributed by atoms with Crippen LogP contribution >= 0.6 is 15.9 Å². The summed E-state index contributed by atoms with van der Waals surface area (Å²) in [5.74, 6) is 0.0468. The maximum atomic E-state index is 11.9. The molecule has 0 bridgehead atoms. The van der Waals surface area contributed by atoms with Gasteiger partial charge >= 0.3 is 0 Å². The highest BCUT2D eigenvalue weighted by Crippen LogP contribution is 2.11. The molecule has 3 heteroatoms. The van der Waals surface area contributed by atoms with Crippen LogP contribution in [0.2, 0.25) is 0 Å². The van der Waals surface area contributed by atoms with Gasteiger partial charge in [-0.05, 0) is 35.7 Å². The normalized spacial score (nSPS) is 10.2. The van der Waals surface area contributed by atoms with Crippen molar-refractivity contribution in [3.8, 4) is 0 Å². The van der Waals surface area contributed by atoms with Crippen molar-refractivity contribution in [1.82, 2.24) is 5.32 Å². The van der Waals surface area contributed by atoms with Crippen LogP contribution < -0.4 is 5.32 Å².